The van der Waals surface area contributed by atoms with E-state index in [1.54, 1.807) is 26.0 Å². The smallest absolute Gasteiger partial charge is 0.344 e. The molecule has 0 aromatic carbocycles. The van der Waals surface area contributed by atoms with Crippen molar-refractivity contribution in [2.24, 2.45) is 0 Å². The Morgan fingerprint density at radius 3 is 2.55 bits per heavy atom. The summed E-state index contributed by atoms with van der Waals surface area (Å²) in [6, 6.07) is -0.696. The predicted molar refractivity (Wildman–Crippen MR) is 103 cm³/mol. The summed E-state index contributed by atoms with van der Waals surface area (Å²) in [6.07, 6.45) is 1.43. The minimum atomic E-state index is -2.54. The van der Waals surface area contributed by atoms with E-state index in [2.05, 4.69) is 0 Å². The van der Waals surface area contributed by atoms with E-state index in [9.17, 15) is 30.1 Å². The minimum Gasteiger partial charge on any atom is -0.632 e. The van der Waals surface area contributed by atoms with Crippen LogP contribution < -0.4 is 0 Å². The fourth-order valence-electron chi connectivity index (χ4n) is 3.89. The van der Waals surface area contributed by atoms with Gasteiger partial charge in [-0.2, -0.15) is 0 Å². The SMILES string of the molecule is C/C=C(/C)C(=O)O[C@H]1CC[N+]2([O-])CC=C(COC(=O)[C@@](O)([C@H](C)O)C(C)(C)O)[C@H]12. The van der Waals surface area contributed by atoms with Crippen molar-refractivity contribution in [3.8, 4) is 0 Å². The van der Waals surface area contributed by atoms with Gasteiger partial charge in [0.1, 0.15) is 12.2 Å². The molecular formula is C20H31NO8. The van der Waals surface area contributed by atoms with E-state index in [-0.39, 0.29) is 19.7 Å². The molecule has 1 saturated heterocycles. The first-order chi connectivity index (χ1) is 13.3. The number of fused-ring (bicyclic) bond motifs is 1. The van der Waals surface area contributed by atoms with Gasteiger partial charge in [0.05, 0.1) is 19.2 Å². The number of nitrogens with zero attached hydrogens (tertiary/aromatic N) is 1. The quantitative estimate of drug-likeness (QED) is 0.178. The van der Waals surface area contributed by atoms with Crippen LogP contribution in [-0.4, -0.2) is 81.1 Å². The number of carbonyl (C=O) groups is 2. The molecule has 29 heavy (non-hydrogen) atoms. The summed E-state index contributed by atoms with van der Waals surface area (Å²) < 4.78 is 10.1. The summed E-state index contributed by atoms with van der Waals surface area (Å²) in [5, 5.41) is 43.5. The van der Waals surface area contributed by atoms with Crippen LogP contribution in [0.15, 0.2) is 23.3 Å². The standard InChI is InChI=1S/C20H31NO8/c1-6-12(2)17(23)29-15-8-10-21(27)9-7-14(16(15)21)11-28-18(24)20(26,13(3)22)19(4,5)25/h6-7,13,15-16,22,25-26H,8-11H2,1-5H3/b12-6-/t13-,15-,16+,20-,21?/m0/s1. The average Bonchev–Trinajstić information content (AvgIpc) is 3.12. The lowest BCUT2D eigenvalue weighted by Gasteiger charge is -2.41. The summed E-state index contributed by atoms with van der Waals surface area (Å²) in [4.78, 5) is 24.6. The van der Waals surface area contributed by atoms with Crippen LogP contribution in [0.5, 0.6) is 0 Å². The lowest BCUT2D eigenvalue weighted by molar-refractivity contribution is -0.877. The van der Waals surface area contributed by atoms with Gasteiger partial charge in [0, 0.05) is 17.6 Å². The lowest BCUT2D eigenvalue weighted by atomic mass is 9.81. The van der Waals surface area contributed by atoms with Crippen LogP contribution in [0.25, 0.3) is 0 Å². The Bertz CT molecular complexity index is 722. The van der Waals surface area contributed by atoms with Gasteiger partial charge in [0.2, 0.25) is 5.60 Å². The number of hydrogen-bond acceptors (Lipinski definition) is 8. The first kappa shape index (κ1) is 23.5. The van der Waals surface area contributed by atoms with Crippen molar-refractivity contribution < 1.29 is 39.0 Å². The molecule has 0 aromatic heterocycles. The number of allylic oxidation sites excluding steroid dienone is 1. The number of esters is 2. The molecule has 9 heteroatoms. The van der Waals surface area contributed by atoms with Crippen LogP contribution >= 0.6 is 0 Å². The van der Waals surface area contributed by atoms with Crippen LogP contribution in [-0.2, 0) is 19.1 Å². The number of quaternary nitrogens is 1. The van der Waals surface area contributed by atoms with E-state index in [0.29, 0.717) is 17.6 Å². The molecule has 0 bridgehead atoms. The number of aliphatic hydroxyl groups excluding tert-OH is 1. The van der Waals surface area contributed by atoms with Crippen LogP contribution in [0.2, 0.25) is 0 Å². The van der Waals surface area contributed by atoms with E-state index in [0.717, 1.165) is 0 Å². The van der Waals surface area contributed by atoms with E-state index in [4.69, 9.17) is 9.47 Å². The highest BCUT2D eigenvalue weighted by atomic mass is 16.6. The monoisotopic (exact) mass is 413 g/mol. The number of carbonyl (C=O) groups excluding carboxylic acids is 2. The third kappa shape index (κ3) is 4.24. The predicted octanol–water partition coefficient (Wildman–Crippen LogP) is 0.317. The molecule has 0 aromatic rings. The maximum absolute atomic E-state index is 13.0. The Labute approximate surface area is 170 Å². The van der Waals surface area contributed by atoms with Crippen molar-refractivity contribution in [3.05, 3.63) is 28.5 Å². The van der Waals surface area contributed by atoms with Gasteiger partial charge in [-0.3, -0.25) is 0 Å². The van der Waals surface area contributed by atoms with Crippen molar-refractivity contribution in [1.82, 2.24) is 0 Å². The molecule has 2 heterocycles. The first-order valence-electron chi connectivity index (χ1n) is 9.68. The molecule has 1 unspecified atom stereocenters. The highest BCUT2D eigenvalue weighted by molar-refractivity contribution is 5.87. The Morgan fingerprint density at radius 1 is 1.41 bits per heavy atom. The van der Waals surface area contributed by atoms with Gasteiger partial charge in [0.15, 0.2) is 12.1 Å². The largest absolute Gasteiger partial charge is 0.632 e. The molecule has 5 atom stereocenters. The molecule has 0 spiro atoms. The average molecular weight is 413 g/mol. The number of hydrogen-bond donors (Lipinski definition) is 3. The van der Waals surface area contributed by atoms with E-state index < -0.39 is 46.0 Å². The van der Waals surface area contributed by atoms with Gasteiger partial charge in [0.25, 0.3) is 0 Å². The van der Waals surface area contributed by atoms with Crippen LogP contribution in [0.4, 0.5) is 0 Å². The normalized spacial score (nSPS) is 30.2. The van der Waals surface area contributed by atoms with Gasteiger partial charge in [-0.15, -0.1) is 0 Å². The second-order valence-corrected chi connectivity index (χ2v) is 8.36. The van der Waals surface area contributed by atoms with Crippen molar-refractivity contribution in [2.45, 2.75) is 70.5 Å². The third-order valence-corrected chi connectivity index (χ3v) is 5.93. The molecule has 2 aliphatic rings. The Balaban J connectivity index is 2.13. The van der Waals surface area contributed by atoms with Gasteiger partial charge < -0.3 is 34.6 Å². The topological polar surface area (TPSA) is 136 Å². The third-order valence-electron chi connectivity index (χ3n) is 5.93. The zero-order valence-electron chi connectivity index (χ0n) is 17.5. The number of hydroxylamine groups is 3. The van der Waals surface area contributed by atoms with E-state index in [1.165, 1.54) is 20.8 Å². The van der Waals surface area contributed by atoms with Gasteiger partial charge in [-0.05, 0) is 40.7 Å². The van der Waals surface area contributed by atoms with E-state index in [1.807, 2.05) is 0 Å². The lowest BCUT2D eigenvalue weighted by Crippen LogP contribution is -2.63. The van der Waals surface area contributed by atoms with E-state index >= 15 is 0 Å². The number of aliphatic hydroxyl groups is 3. The number of ether oxygens (including phenoxy) is 2. The molecule has 0 saturated carbocycles. The van der Waals surface area contributed by atoms with Crippen LogP contribution in [0.1, 0.15) is 41.0 Å². The molecule has 3 N–H and O–H groups in total. The zero-order valence-corrected chi connectivity index (χ0v) is 17.5. The van der Waals surface area contributed by atoms with Gasteiger partial charge in [-0.1, -0.05) is 6.08 Å². The molecule has 2 aliphatic heterocycles. The molecule has 0 radical (unpaired) electrons. The summed E-state index contributed by atoms with van der Waals surface area (Å²) >= 11 is 0. The van der Waals surface area contributed by atoms with Crippen molar-refractivity contribution in [3.63, 3.8) is 0 Å². The molecule has 9 nitrogen and oxygen atoms in total. The molecular weight excluding hydrogens is 382 g/mol. The molecule has 164 valence electrons. The van der Waals surface area contributed by atoms with Crippen LogP contribution in [0.3, 0.4) is 0 Å². The molecule has 0 aliphatic carbocycles. The maximum atomic E-state index is 13.0. The molecule has 1 fully saturated rings. The fraction of sp³-hybridized carbons (Fsp3) is 0.700. The summed E-state index contributed by atoms with van der Waals surface area (Å²) in [5.74, 6) is -1.70. The maximum Gasteiger partial charge on any atom is 0.344 e. The van der Waals surface area contributed by atoms with Crippen molar-refractivity contribution >= 4 is 11.9 Å². The minimum absolute atomic E-state index is 0.167. The van der Waals surface area contributed by atoms with Gasteiger partial charge >= 0.3 is 11.9 Å². The Morgan fingerprint density at radius 2 is 2.03 bits per heavy atom. The first-order valence-corrected chi connectivity index (χ1v) is 9.68. The highest BCUT2D eigenvalue weighted by Crippen LogP contribution is 2.38. The highest BCUT2D eigenvalue weighted by Gasteiger charge is 2.55. The summed E-state index contributed by atoms with van der Waals surface area (Å²) in [5.41, 5.74) is -3.58. The Kier molecular flexibility index (Phi) is 6.61. The Hall–Kier alpha value is -1.78. The number of rotatable bonds is 7. The second kappa shape index (κ2) is 8.16. The van der Waals surface area contributed by atoms with Crippen molar-refractivity contribution in [2.75, 3.05) is 19.7 Å². The summed E-state index contributed by atoms with van der Waals surface area (Å²) in [6.45, 7) is 7.00. The zero-order chi connectivity index (χ0) is 22.2. The van der Waals surface area contributed by atoms with Gasteiger partial charge in [-0.25, -0.2) is 9.59 Å². The van der Waals surface area contributed by atoms with Crippen molar-refractivity contribution in [1.29, 1.82) is 0 Å². The van der Waals surface area contributed by atoms with Crippen LogP contribution in [0, 0.1) is 5.21 Å². The fourth-order valence-corrected chi connectivity index (χ4v) is 3.89. The molecule has 0 amide bonds. The summed E-state index contributed by atoms with van der Waals surface area (Å²) in [7, 11) is 0. The second-order valence-electron chi connectivity index (χ2n) is 8.36. The molecule has 2 rings (SSSR count).